The van der Waals surface area contributed by atoms with Crippen LogP contribution in [0.1, 0.15) is 28.3 Å². The van der Waals surface area contributed by atoms with E-state index in [9.17, 15) is 4.39 Å². The van der Waals surface area contributed by atoms with E-state index in [4.69, 9.17) is 17.4 Å². The standard InChI is InChI=1S/C15H15BrClFN2/c1-8-5-9(2)14(13(18)6-8)15(20-19)10-3-4-12(17)11(16)7-10/h3-7,15,20H,19H2,1-2H3. The van der Waals surface area contributed by atoms with Crippen molar-refractivity contribution in [1.82, 2.24) is 5.43 Å². The first-order valence-electron chi connectivity index (χ1n) is 6.11. The zero-order valence-corrected chi connectivity index (χ0v) is 13.5. The molecule has 0 saturated heterocycles. The molecule has 0 aliphatic rings. The molecule has 20 heavy (non-hydrogen) atoms. The Hall–Kier alpha value is -0.940. The predicted molar refractivity (Wildman–Crippen MR) is 84.2 cm³/mol. The van der Waals surface area contributed by atoms with Gasteiger partial charge >= 0.3 is 0 Å². The summed E-state index contributed by atoms with van der Waals surface area (Å²) in [6.45, 7) is 3.74. The molecule has 0 fully saturated rings. The van der Waals surface area contributed by atoms with Gasteiger partial charge in [0.2, 0.25) is 0 Å². The minimum absolute atomic E-state index is 0.267. The maximum atomic E-state index is 14.3. The lowest BCUT2D eigenvalue weighted by Crippen LogP contribution is -2.30. The monoisotopic (exact) mass is 356 g/mol. The lowest BCUT2D eigenvalue weighted by atomic mass is 9.93. The molecule has 1 atom stereocenters. The molecule has 0 radical (unpaired) electrons. The fourth-order valence-corrected chi connectivity index (χ4v) is 2.84. The fourth-order valence-electron chi connectivity index (χ4n) is 2.33. The van der Waals surface area contributed by atoms with E-state index in [1.807, 2.05) is 32.0 Å². The van der Waals surface area contributed by atoms with E-state index < -0.39 is 6.04 Å². The van der Waals surface area contributed by atoms with Crippen LogP contribution in [0.2, 0.25) is 5.02 Å². The van der Waals surface area contributed by atoms with E-state index in [2.05, 4.69) is 21.4 Å². The quantitative estimate of drug-likeness (QED) is 0.631. The molecule has 0 aliphatic carbocycles. The first-order valence-corrected chi connectivity index (χ1v) is 7.29. The van der Waals surface area contributed by atoms with Crippen LogP contribution in [0.15, 0.2) is 34.8 Å². The van der Waals surface area contributed by atoms with Crippen molar-refractivity contribution in [2.24, 2.45) is 5.84 Å². The van der Waals surface area contributed by atoms with Crippen molar-refractivity contribution in [3.8, 4) is 0 Å². The molecule has 2 rings (SSSR count). The summed E-state index contributed by atoms with van der Waals surface area (Å²) in [6.07, 6.45) is 0. The van der Waals surface area contributed by atoms with Gasteiger partial charge in [-0.2, -0.15) is 0 Å². The van der Waals surface area contributed by atoms with Crippen molar-refractivity contribution in [3.63, 3.8) is 0 Å². The third-order valence-corrected chi connectivity index (χ3v) is 4.43. The Morgan fingerprint density at radius 3 is 2.50 bits per heavy atom. The van der Waals surface area contributed by atoms with Gasteiger partial charge in [0.15, 0.2) is 0 Å². The van der Waals surface area contributed by atoms with Crippen molar-refractivity contribution in [3.05, 3.63) is 67.9 Å². The van der Waals surface area contributed by atoms with Gasteiger partial charge in [0.25, 0.3) is 0 Å². The summed E-state index contributed by atoms with van der Waals surface area (Å²) in [7, 11) is 0. The van der Waals surface area contributed by atoms with Crippen LogP contribution in [-0.4, -0.2) is 0 Å². The first-order chi connectivity index (χ1) is 9.43. The van der Waals surface area contributed by atoms with E-state index >= 15 is 0 Å². The van der Waals surface area contributed by atoms with Gasteiger partial charge in [-0.05, 0) is 64.7 Å². The number of benzene rings is 2. The van der Waals surface area contributed by atoms with E-state index in [1.54, 1.807) is 6.07 Å². The zero-order chi connectivity index (χ0) is 14.9. The fraction of sp³-hybridized carbons (Fsp3) is 0.200. The molecule has 0 spiro atoms. The summed E-state index contributed by atoms with van der Waals surface area (Å²) in [6, 6.07) is 8.45. The van der Waals surface area contributed by atoms with Crippen LogP contribution in [0.25, 0.3) is 0 Å². The minimum Gasteiger partial charge on any atom is -0.271 e. The maximum absolute atomic E-state index is 14.3. The summed E-state index contributed by atoms with van der Waals surface area (Å²) in [5.74, 6) is 5.37. The molecule has 5 heteroatoms. The molecule has 2 aromatic rings. The number of aryl methyl sites for hydroxylation is 2. The van der Waals surface area contributed by atoms with Gasteiger partial charge in [-0.25, -0.2) is 9.82 Å². The van der Waals surface area contributed by atoms with E-state index in [0.717, 1.165) is 21.2 Å². The Bertz CT molecular complexity index is 623. The molecule has 0 amide bonds. The Balaban J connectivity index is 2.55. The average molecular weight is 358 g/mol. The van der Waals surface area contributed by atoms with E-state index in [0.29, 0.717) is 10.6 Å². The smallest absolute Gasteiger partial charge is 0.128 e. The molecule has 2 nitrogen and oxygen atoms in total. The molecule has 0 bridgehead atoms. The number of hydrazine groups is 1. The molecule has 0 aliphatic heterocycles. The lowest BCUT2D eigenvalue weighted by molar-refractivity contribution is 0.556. The second-order valence-corrected chi connectivity index (χ2v) is 6.01. The summed E-state index contributed by atoms with van der Waals surface area (Å²) in [4.78, 5) is 0. The van der Waals surface area contributed by atoms with E-state index in [1.165, 1.54) is 6.07 Å². The molecule has 0 saturated carbocycles. The van der Waals surface area contributed by atoms with Crippen molar-refractivity contribution in [2.75, 3.05) is 0 Å². The Labute approximate surface area is 131 Å². The van der Waals surface area contributed by atoms with Crippen molar-refractivity contribution in [2.45, 2.75) is 19.9 Å². The maximum Gasteiger partial charge on any atom is 0.128 e. The summed E-state index contributed by atoms with van der Waals surface area (Å²) < 4.78 is 15.0. The number of nitrogens with two attached hydrogens (primary N) is 1. The highest BCUT2D eigenvalue weighted by Gasteiger charge is 2.20. The van der Waals surface area contributed by atoms with Crippen molar-refractivity contribution in [1.29, 1.82) is 0 Å². The van der Waals surface area contributed by atoms with E-state index in [-0.39, 0.29) is 5.82 Å². The van der Waals surface area contributed by atoms with Crippen LogP contribution >= 0.6 is 27.5 Å². The van der Waals surface area contributed by atoms with Gasteiger partial charge < -0.3 is 0 Å². The zero-order valence-electron chi connectivity index (χ0n) is 11.2. The predicted octanol–water partition coefficient (Wildman–Crippen LogP) is 4.41. The normalized spacial score (nSPS) is 12.5. The number of hydrogen-bond donors (Lipinski definition) is 2. The summed E-state index contributed by atoms with van der Waals surface area (Å²) >= 11 is 9.36. The van der Waals surface area contributed by atoms with Gasteiger partial charge in [-0.1, -0.05) is 23.7 Å². The number of hydrogen-bond acceptors (Lipinski definition) is 2. The summed E-state index contributed by atoms with van der Waals surface area (Å²) in [5.41, 5.74) is 5.81. The third kappa shape index (κ3) is 3.04. The molecule has 0 aromatic heterocycles. The Kier molecular flexibility index (Phi) is 4.81. The molecule has 1 unspecified atom stereocenters. The largest absolute Gasteiger partial charge is 0.271 e. The van der Waals surface area contributed by atoms with Gasteiger partial charge in [0.05, 0.1) is 11.1 Å². The van der Waals surface area contributed by atoms with Crippen LogP contribution < -0.4 is 11.3 Å². The summed E-state index contributed by atoms with van der Waals surface area (Å²) in [5, 5.41) is 0.602. The third-order valence-electron chi connectivity index (χ3n) is 3.21. The van der Waals surface area contributed by atoms with Gasteiger partial charge in [-0.3, -0.25) is 5.84 Å². The molecule has 106 valence electrons. The van der Waals surface area contributed by atoms with Gasteiger partial charge in [0, 0.05) is 10.0 Å². The van der Waals surface area contributed by atoms with Gasteiger partial charge in [0.1, 0.15) is 5.82 Å². The highest BCUT2D eigenvalue weighted by molar-refractivity contribution is 9.10. The van der Waals surface area contributed by atoms with Crippen LogP contribution in [0.5, 0.6) is 0 Å². The number of rotatable bonds is 3. The van der Waals surface area contributed by atoms with Crippen LogP contribution in [0, 0.1) is 19.7 Å². The molecular weight excluding hydrogens is 343 g/mol. The molecule has 0 heterocycles. The van der Waals surface area contributed by atoms with Crippen LogP contribution in [0.4, 0.5) is 4.39 Å². The van der Waals surface area contributed by atoms with Crippen LogP contribution in [0.3, 0.4) is 0 Å². The minimum atomic E-state index is -0.427. The Morgan fingerprint density at radius 2 is 1.95 bits per heavy atom. The lowest BCUT2D eigenvalue weighted by Gasteiger charge is -2.21. The first kappa shape index (κ1) is 15.4. The average Bonchev–Trinajstić information content (AvgIpc) is 2.37. The molecule has 3 N–H and O–H groups in total. The van der Waals surface area contributed by atoms with Gasteiger partial charge in [-0.15, -0.1) is 0 Å². The Morgan fingerprint density at radius 1 is 1.25 bits per heavy atom. The SMILES string of the molecule is Cc1cc(C)c(C(NN)c2ccc(Cl)c(Br)c2)c(F)c1. The molecular formula is C15H15BrClFN2. The van der Waals surface area contributed by atoms with Crippen molar-refractivity contribution < 1.29 is 4.39 Å². The second kappa shape index (κ2) is 6.22. The highest BCUT2D eigenvalue weighted by atomic mass is 79.9. The highest BCUT2D eigenvalue weighted by Crippen LogP contribution is 2.31. The van der Waals surface area contributed by atoms with Crippen LogP contribution in [-0.2, 0) is 0 Å². The molecule has 2 aromatic carbocycles. The van der Waals surface area contributed by atoms with Crippen molar-refractivity contribution >= 4 is 27.5 Å². The topological polar surface area (TPSA) is 38.0 Å². The number of nitrogens with one attached hydrogen (secondary N) is 1. The number of halogens is 3. The second-order valence-electron chi connectivity index (χ2n) is 4.75.